The lowest BCUT2D eigenvalue weighted by atomic mass is 10.0. The van der Waals surface area contributed by atoms with E-state index in [2.05, 4.69) is 4.98 Å². The Balaban J connectivity index is 1.50. The third kappa shape index (κ3) is 4.09. The van der Waals surface area contributed by atoms with E-state index in [1.807, 2.05) is 0 Å². The van der Waals surface area contributed by atoms with Gasteiger partial charge < -0.3 is 13.9 Å². The number of aryl methyl sites for hydroxylation is 1. The lowest BCUT2D eigenvalue weighted by Crippen LogP contribution is -2.06. The van der Waals surface area contributed by atoms with E-state index in [1.54, 1.807) is 71.5 Å². The number of ether oxygens (including phenoxy) is 2. The number of hydrogen-bond acceptors (Lipinski definition) is 6. The lowest BCUT2D eigenvalue weighted by Gasteiger charge is -2.13. The largest absolute Gasteiger partial charge is 0.493 e. The molecule has 32 heavy (non-hydrogen) atoms. The first-order chi connectivity index (χ1) is 15.4. The number of carbonyl (C=O) groups excluding carboxylic acids is 1. The fraction of sp³-hybridized carbons (Fsp3) is 0.167. The van der Waals surface area contributed by atoms with Crippen LogP contribution in [-0.2, 0) is 16.3 Å². The van der Waals surface area contributed by atoms with Gasteiger partial charge >= 0.3 is 0 Å². The molecule has 4 rings (SSSR count). The molecule has 2 aromatic heterocycles. The minimum Gasteiger partial charge on any atom is -0.493 e. The zero-order valence-electron chi connectivity index (χ0n) is 17.7. The molecule has 2 heterocycles. The summed E-state index contributed by atoms with van der Waals surface area (Å²) in [5, 5.41) is 0. The molecule has 164 valence electrons. The summed E-state index contributed by atoms with van der Waals surface area (Å²) in [5.74, 6) is 0.524. The Bertz CT molecular complexity index is 1380. The maximum absolute atomic E-state index is 13.1. The molecule has 0 unspecified atom stereocenters. The van der Waals surface area contributed by atoms with Crippen LogP contribution in [0.2, 0.25) is 0 Å². The van der Waals surface area contributed by atoms with Gasteiger partial charge in [0.1, 0.15) is 10.5 Å². The number of carbonyl (C=O) groups is 1. The second-order valence-electron chi connectivity index (χ2n) is 7.17. The van der Waals surface area contributed by atoms with E-state index >= 15 is 0 Å². The highest BCUT2D eigenvalue weighted by Crippen LogP contribution is 2.36. The van der Waals surface area contributed by atoms with Gasteiger partial charge in [0.15, 0.2) is 17.3 Å². The lowest BCUT2D eigenvalue weighted by molar-refractivity contribution is 0.0982. The molecule has 4 aromatic rings. The summed E-state index contributed by atoms with van der Waals surface area (Å²) in [4.78, 5) is 16.9. The average Bonchev–Trinajstić information content (AvgIpc) is 3.30. The van der Waals surface area contributed by atoms with Gasteiger partial charge in [0.25, 0.3) is 0 Å². The number of sulfone groups is 1. The third-order valence-electron chi connectivity index (χ3n) is 5.24. The molecule has 7 nitrogen and oxygen atoms in total. The summed E-state index contributed by atoms with van der Waals surface area (Å²) < 4.78 is 38.6. The third-order valence-corrected chi connectivity index (χ3v) is 7.03. The first kappa shape index (κ1) is 21.6. The average molecular weight is 451 g/mol. The minimum absolute atomic E-state index is 0.0124. The molecular formula is C24H22N2O5S. The Morgan fingerprint density at radius 3 is 2.50 bits per heavy atom. The Morgan fingerprint density at radius 2 is 1.78 bits per heavy atom. The Morgan fingerprint density at radius 1 is 1.00 bits per heavy atom. The summed E-state index contributed by atoms with van der Waals surface area (Å²) in [5.41, 5.74) is 2.27. The standard InChI is InChI=1S/C24H22N2O5S/c1-30-21-4-3-5-22(24(21)31-2)32(28,29)19-10-6-17(7-11-19)8-12-20(27)18-9-13-23-25-14-15-26(23)16-18/h3-7,9-11,13-16H,8,12H2,1-2H3. The number of methoxy groups -OCH3 is 2. The molecule has 0 N–H and O–H groups in total. The van der Waals surface area contributed by atoms with Crippen molar-refractivity contribution >= 4 is 21.3 Å². The molecule has 0 atom stereocenters. The maximum atomic E-state index is 13.1. The quantitative estimate of drug-likeness (QED) is 0.377. The van der Waals surface area contributed by atoms with Gasteiger partial charge in [-0.2, -0.15) is 0 Å². The molecule has 0 aliphatic carbocycles. The van der Waals surface area contributed by atoms with Gasteiger partial charge in [0.2, 0.25) is 9.84 Å². The number of aromatic nitrogens is 2. The number of pyridine rings is 1. The van der Waals surface area contributed by atoms with Crippen molar-refractivity contribution in [2.24, 2.45) is 0 Å². The van der Waals surface area contributed by atoms with Crippen LogP contribution in [0.15, 0.2) is 83.0 Å². The van der Waals surface area contributed by atoms with Gasteiger partial charge in [0.05, 0.1) is 19.1 Å². The van der Waals surface area contributed by atoms with Gasteiger partial charge in [0, 0.05) is 30.6 Å². The van der Waals surface area contributed by atoms with E-state index in [9.17, 15) is 13.2 Å². The number of rotatable bonds is 8. The SMILES string of the molecule is COc1cccc(S(=O)(=O)c2ccc(CCC(=O)c3ccc4nccn4c3)cc2)c1OC. The summed E-state index contributed by atoms with van der Waals surface area (Å²) in [6.45, 7) is 0. The smallest absolute Gasteiger partial charge is 0.210 e. The summed E-state index contributed by atoms with van der Waals surface area (Å²) in [6.07, 6.45) is 6.06. The number of para-hydroxylation sites is 1. The number of nitrogens with zero attached hydrogens (tertiary/aromatic N) is 2. The second kappa shape index (κ2) is 8.84. The zero-order valence-corrected chi connectivity index (χ0v) is 18.5. The molecule has 0 aliphatic rings. The normalized spacial score (nSPS) is 11.4. The van der Waals surface area contributed by atoms with Crippen LogP contribution in [0.4, 0.5) is 0 Å². The molecule has 2 aromatic carbocycles. The zero-order chi connectivity index (χ0) is 22.7. The van der Waals surface area contributed by atoms with Crippen molar-refractivity contribution in [3.8, 4) is 11.5 Å². The van der Waals surface area contributed by atoms with E-state index < -0.39 is 9.84 Å². The van der Waals surface area contributed by atoms with Crippen LogP contribution in [0, 0.1) is 0 Å². The Labute approximate surface area is 186 Å². The van der Waals surface area contributed by atoms with Crippen molar-refractivity contribution in [2.45, 2.75) is 22.6 Å². The molecule has 0 aliphatic heterocycles. The highest BCUT2D eigenvalue weighted by Gasteiger charge is 2.24. The van der Waals surface area contributed by atoms with Crippen molar-refractivity contribution in [3.63, 3.8) is 0 Å². The van der Waals surface area contributed by atoms with Crippen LogP contribution < -0.4 is 9.47 Å². The molecule has 0 bridgehead atoms. The van der Waals surface area contributed by atoms with Crippen LogP contribution in [0.5, 0.6) is 11.5 Å². The fourth-order valence-corrected chi connectivity index (χ4v) is 4.95. The molecule has 0 saturated heterocycles. The molecule has 0 radical (unpaired) electrons. The van der Waals surface area contributed by atoms with E-state index in [1.165, 1.54) is 20.3 Å². The molecular weight excluding hydrogens is 428 g/mol. The van der Waals surface area contributed by atoms with Crippen LogP contribution in [0.3, 0.4) is 0 Å². The van der Waals surface area contributed by atoms with Crippen LogP contribution >= 0.6 is 0 Å². The number of benzene rings is 2. The van der Waals surface area contributed by atoms with Crippen molar-refractivity contribution < 1.29 is 22.7 Å². The Hall–Kier alpha value is -3.65. The first-order valence-electron chi connectivity index (χ1n) is 9.95. The van der Waals surface area contributed by atoms with Crippen LogP contribution in [0.25, 0.3) is 5.65 Å². The van der Waals surface area contributed by atoms with Crippen LogP contribution in [-0.4, -0.2) is 37.8 Å². The number of ketones is 1. The minimum atomic E-state index is -3.80. The van der Waals surface area contributed by atoms with Gasteiger partial charge in [-0.05, 0) is 48.4 Å². The predicted octanol–water partition coefficient (Wildman–Crippen LogP) is 4.00. The van der Waals surface area contributed by atoms with E-state index in [4.69, 9.17) is 9.47 Å². The van der Waals surface area contributed by atoms with Crippen molar-refractivity contribution in [3.05, 3.63) is 84.3 Å². The maximum Gasteiger partial charge on any atom is 0.210 e. The van der Waals surface area contributed by atoms with Crippen molar-refractivity contribution in [2.75, 3.05) is 14.2 Å². The van der Waals surface area contributed by atoms with Crippen molar-refractivity contribution in [1.82, 2.24) is 9.38 Å². The van der Waals surface area contributed by atoms with Crippen LogP contribution in [0.1, 0.15) is 22.3 Å². The molecule has 0 amide bonds. The molecule has 0 fully saturated rings. The summed E-state index contributed by atoms with van der Waals surface area (Å²) in [6, 6.07) is 14.9. The monoisotopic (exact) mass is 450 g/mol. The first-order valence-corrected chi connectivity index (χ1v) is 11.4. The van der Waals surface area contributed by atoms with Gasteiger partial charge in [-0.15, -0.1) is 0 Å². The topological polar surface area (TPSA) is 87.0 Å². The number of fused-ring (bicyclic) bond motifs is 1. The van der Waals surface area contributed by atoms with E-state index in [-0.39, 0.29) is 21.3 Å². The summed E-state index contributed by atoms with van der Waals surface area (Å²) in [7, 11) is -0.941. The van der Waals surface area contributed by atoms with E-state index in [0.29, 0.717) is 24.2 Å². The molecule has 8 heteroatoms. The van der Waals surface area contributed by atoms with E-state index in [0.717, 1.165) is 11.2 Å². The second-order valence-corrected chi connectivity index (χ2v) is 9.09. The fourth-order valence-electron chi connectivity index (χ4n) is 3.52. The van der Waals surface area contributed by atoms with Gasteiger partial charge in [-0.3, -0.25) is 4.79 Å². The van der Waals surface area contributed by atoms with Gasteiger partial charge in [-0.25, -0.2) is 13.4 Å². The molecule has 0 saturated carbocycles. The highest BCUT2D eigenvalue weighted by molar-refractivity contribution is 7.91. The van der Waals surface area contributed by atoms with Gasteiger partial charge in [-0.1, -0.05) is 18.2 Å². The number of hydrogen-bond donors (Lipinski definition) is 0. The molecule has 0 spiro atoms. The Kier molecular flexibility index (Phi) is 5.96. The van der Waals surface area contributed by atoms with Crippen molar-refractivity contribution in [1.29, 1.82) is 0 Å². The summed E-state index contributed by atoms with van der Waals surface area (Å²) >= 11 is 0. The predicted molar refractivity (Wildman–Crippen MR) is 119 cm³/mol. The highest BCUT2D eigenvalue weighted by atomic mass is 32.2. The number of imidazole rings is 1. The number of Topliss-reactive ketones (excluding diaryl/α,β-unsaturated/α-hetero) is 1.